The molecule has 1 saturated carbocycles. The van der Waals surface area contributed by atoms with Crippen molar-refractivity contribution in [3.8, 4) is 0 Å². The third kappa shape index (κ3) is 3.07. The highest BCUT2D eigenvalue weighted by Crippen LogP contribution is 2.32. The zero-order valence-electron chi connectivity index (χ0n) is 12.8. The summed E-state index contributed by atoms with van der Waals surface area (Å²) in [4.78, 5) is 13.5. The number of aromatic nitrogens is 2. The van der Waals surface area contributed by atoms with Crippen LogP contribution < -0.4 is 11.1 Å². The highest BCUT2D eigenvalue weighted by Gasteiger charge is 2.28. The third-order valence-electron chi connectivity index (χ3n) is 4.03. The summed E-state index contributed by atoms with van der Waals surface area (Å²) >= 11 is 1.43. The van der Waals surface area contributed by atoms with Crippen molar-refractivity contribution in [3.63, 3.8) is 0 Å². The first-order chi connectivity index (χ1) is 11.1. The molecule has 2 aromatic rings. The topological polar surface area (TPSA) is 106 Å². The Kier molecular flexibility index (Phi) is 4.33. The molecule has 4 N–H and O–H groups in total. The van der Waals surface area contributed by atoms with Crippen molar-refractivity contribution in [2.24, 2.45) is 10.9 Å². The molecule has 1 atom stereocenters. The number of thiophene rings is 1. The van der Waals surface area contributed by atoms with Gasteiger partial charge < -0.3 is 16.3 Å². The Labute approximate surface area is 137 Å². The average Bonchev–Trinajstić information content (AvgIpc) is 3.12. The van der Waals surface area contributed by atoms with Gasteiger partial charge in [-0.2, -0.15) is 5.10 Å². The van der Waals surface area contributed by atoms with Crippen LogP contribution in [0.25, 0.3) is 0 Å². The molecule has 1 fully saturated rings. The van der Waals surface area contributed by atoms with Gasteiger partial charge in [-0.25, -0.2) is 0 Å². The van der Waals surface area contributed by atoms with Crippen LogP contribution in [0.3, 0.4) is 0 Å². The quantitative estimate of drug-likeness (QED) is 0.337. The lowest BCUT2D eigenvalue weighted by Gasteiger charge is -2.27. The van der Waals surface area contributed by atoms with Crippen molar-refractivity contribution in [2.45, 2.75) is 38.3 Å². The lowest BCUT2D eigenvalue weighted by atomic mass is 9.93. The van der Waals surface area contributed by atoms with Gasteiger partial charge in [0.05, 0.1) is 11.7 Å². The number of oxime groups is 1. The van der Waals surface area contributed by atoms with Crippen LogP contribution in [0, 0.1) is 6.92 Å². The zero-order chi connectivity index (χ0) is 16.4. The predicted molar refractivity (Wildman–Crippen MR) is 87.8 cm³/mol. The second-order valence-corrected chi connectivity index (χ2v) is 6.63. The largest absolute Gasteiger partial charge is 0.409 e. The van der Waals surface area contributed by atoms with E-state index in [9.17, 15) is 4.79 Å². The number of aryl methyl sites for hydroxylation is 1. The van der Waals surface area contributed by atoms with E-state index in [-0.39, 0.29) is 17.8 Å². The molecule has 3 rings (SSSR count). The number of rotatable bonds is 5. The summed E-state index contributed by atoms with van der Waals surface area (Å²) in [5.41, 5.74) is 7.06. The molecule has 0 aromatic carbocycles. The van der Waals surface area contributed by atoms with E-state index in [1.54, 1.807) is 10.7 Å². The van der Waals surface area contributed by atoms with E-state index in [2.05, 4.69) is 15.6 Å². The van der Waals surface area contributed by atoms with Crippen LogP contribution in [0.2, 0.25) is 0 Å². The van der Waals surface area contributed by atoms with E-state index in [0.29, 0.717) is 5.69 Å². The van der Waals surface area contributed by atoms with Gasteiger partial charge in [0.1, 0.15) is 11.7 Å². The monoisotopic (exact) mass is 333 g/mol. The third-order valence-corrected chi connectivity index (χ3v) is 4.96. The summed E-state index contributed by atoms with van der Waals surface area (Å²) in [6.45, 7) is 1.87. The van der Waals surface area contributed by atoms with Crippen molar-refractivity contribution in [1.82, 2.24) is 15.1 Å². The van der Waals surface area contributed by atoms with Crippen molar-refractivity contribution < 1.29 is 10.0 Å². The molecule has 2 heterocycles. The zero-order valence-corrected chi connectivity index (χ0v) is 13.6. The first-order valence-corrected chi connectivity index (χ1v) is 8.36. The Morgan fingerprint density at radius 1 is 1.61 bits per heavy atom. The number of hydrogen-bond acceptors (Lipinski definition) is 5. The second-order valence-electron chi connectivity index (χ2n) is 5.65. The van der Waals surface area contributed by atoms with Crippen LogP contribution in [0.1, 0.15) is 52.4 Å². The fourth-order valence-corrected chi connectivity index (χ4v) is 3.39. The van der Waals surface area contributed by atoms with Gasteiger partial charge in [0.25, 0.3) is 5.91 Å². The van der Waals surface area contributed by atoms with Gasteiger partial charge >= 0.3 is 0 Å². The molecule has 0 aliphatic heterocycles. The van der Waals surface area contributed by atoms with Crippen LogP contribution in [0.15, 0.2) is 28.7 Å². The molecular formula is C15H19N5O2S. The minimum absolute atomic E-state index is 0.0489. The minimum atomic E-state index is -0.655. The average molecular weight is 333 g/mol. The summed E-state index contributed by atoms with van der Waals surface area (Å²) in [6.07, 6.45) is 3.23. The van der Waals surface area contributed by atoms with E-state index in [1.165, 1.54) is 11.3 Å². The lowest BCUT2D eigenvalue weighted by Crippen LogP contribution is -2.38. The minimum Gasteiger partial charge on any atom is -0.409 e. The Morgan fingerprint density at radius 2 is 2.39 bits per heavy atom. The maximum atomic E-state index is 12.7. The summed E-state index contributed by atoms with van der Waals surface area (Å²) in [5.74, 6) is -0.324. The van der Waals surface area contributed by atoms with Crippen molar-refractivity contribution in [1.29, 1.82) is 0 Å². The molecule has 0 spiro atoms. The second kappa shape index (κ2) is 6.41. The Hall–Kier alpha value is -2.35. The molecule has 0 bridgehead atoms. The molecule has 1 unspecified atom stereocenters. The Balaban J connectivity index is 1.85. The van der Waals surface area contributed by atoms with E-state index < -0.39 is 6.04 Å². The number of carbonyl (C=O) groups excluding carboxylic acids is 1. The molecule has 1 amide bonds. The first kappa shape index (κ1) is 15.5. The fourth-order valence-electron chi connectivity index (χ4n) is 2.60. The van der Waals surface area contributed by atoms with E-state index in [1.807, 2.05) is 24.4 Å². The molecular weight excluding hydrogens is 314 g/mol. The number of nitrogens with two attached hydrogens (primary N) is 1. The highest BCUT2D eigenvalue weighted by molar-refractivity contribution is 7.10. The molecule has 0 radical (unpaired) electrons. The van der Waals surface area contributed by atoms with Crippen LogP contribution >= 0.6 is 11.3 Å². The number of amides is 1. The van der Waals surface area contributed by atoms with Crippen molar-refractivity contribution in [2.75, 3.05) is 0 Å². The van der Waals surface area contributed by atoms with Crippen LogP contribution in [0.4, 0.5) is 0 Å². The summed E-state index contributed by atoms with van der Waals surface area (Å²) in [6, 6.07) is 5.09. The Morgan fingerprint density at radius 3 is 2.96 bits per heavy atom. The van der Waals surface area contributed by atoms with E-state index >= 15 is 0 Å². The number of nitrogens with zero attached hydrogens (tertiary/aromatic N) is 3. The number of amidine groups is 1. The lowest BCUT2D eigenvalue weighted by molar-refractivity contribution is 0.0928. The molecule has 1 aliphatic rings. The molecule has 23 heavy (non-hydrogen) atoms. The van der Waals surface area contributed by atoms with Gasteiger partial charge in [0.2, 0.25) is 0 Å². The van der Waals surface area contributed by atoms with E-state index in [4.69, 9.17) is 10.9 Å². The van der Waals surface area contributed by atoms with Crippen molar-refractivity contribution in [3.05, 3.63) is 39.8 Å². The van der Waals surface area contributed by atoms with Gasteiger partial charge in [-0.1, -0.05) is 11.2 Å². The molecule has 7 nitrogen and oxygen atoms in total. The molecule has 122 valence electrons. The van der Waals surface area contributed by atoms with Crippen molar-refractivity contribution >= 4 is 23.1 Å². The maximum absolute atomic E-state index is 12.7. The number of nitrogens with one attached hydrogen (secondary N) is 1. The van der Waals surface area contributed by atoms with Gasteiger partial charge in [-0.05, 0) is 43.7 Å². The summed E-state index contributed by atoms with van der Waals surface area (Å²) in [7, 11) is 0. The predicted octanol–water partition coefficient (Wildman–Crippen LogP) is 2.20. The molecule has 2 aromatic heterocycles. The Bertz CT molecular complexity index is 718. The maximum Gasteiger partial charge on any atom is 0.270 e. The van der Waals surface area contributed by atoms with Gasteiger partial charge in [-0.15, -0.1) is 11.3 Å². The number of carbonyl (C=O) groups is 1. The molecule has 1 aliphatic carbocycles. The summed E-state index contributed by atoms with van der Waals surface area (Å²) in [5, 5.41) is 21.2. The molecule has 0 saturated heterocycles. The van der Waals surface area contributed by atoms with Crippen LogP contribution in [-0.4, -0.2) is 26.7 Å². The van der Waals surface area contributed by atoms with Gasteiger partial charge in [-0.3, -0.25) is 9.48 Å². The summed E-state index contributed by atoms with van der Waals surface area (Å²) < 4.78 is 1.80. The van der Waals surface area contributed by atoms with Crippen LogP contribution in [-0.2, 0) is 0 Å². The molecule has 8 heteroatoms. The SMILES string of the molecule is Cc1cc(C(=O)NC(C(N)=NO)c2cccs2)n(C2CCC2)n1. The van der Waals surface area contributed by atoms with Gasteiger partial charge in [0, 0.05) is 4.88 Å². The smallest absolute Gasteiger partial charge is 0.270 e. The standard InChI is InChI=1S/C15H19N5O2S/c1-9-8-11(20(18-9)10-4-2-5-10)15(21)17-13(14(16)19-22)12-6-3-7-23-12/h3,6-8,10,13,22H,2,4-5H2,1H3,(H2,16,19)(H,17,21). The first-order valence-electron chi connectivity index (χ1n) is 7.48. The number of hydrogen-bond donors (Lipinski definition) is 3. The normalized spacial score (nSPS) is 16.8. The highest BCUT2D eigenvalue weighted by atomic mass is 32.1. The van der Waals surface area contributed by atoms with Crippen LogP contribution in [0.5, 0.6) is 0 Å². The fraction of sp³-hybridized carbons (Fsp3) is 0.400. The van der Waals surface area contributed by atoms with E-state index in [0.717, 1.165) is 29.8 Å². The van der Waals surface area contributed by atoms with Gasteiger partial charge in [0.15, 0.2) is 5.84 Å².